The lowest BCUT2D eigenvalue weighted by atomic mass is 10.1. The molecule has 0 radical (unpaired) electrons. The molecule has 2 aromatic carbocycles. The first-order valence-electron chi connectivity index (χ1n) is 7.84. The van der Waals surface area contributed by atoms with Crippen molar-refractivity contribution in [3.63, 3.8) is 0 Å². The van der Waals surface area contributed by atoms with Gasteiger partial charge in [0, 0.05) is 12.7 Å². The summed E-state index contributed by atoms with van der Waals surface area (Å²) in [5.41, 5.74) is 2.10. The Labute approximate surface area is 148 Å². The number of amides is 1. The minimum atomic E-state index is -4.47. The second-order valence-corrected chi connectivity index (χ2v) is 5.94. The van der Waals surface area contributed by atoms with Gasteiger partial charge in [0.15, 0.2) is 5.69 Å². The van der Waals surface area contributed by atoms with Crippen LogP contribution in [0, 0.1) is 6.92 Å². The molecular weight excluding hydrogens is 343 g/mol. The summed E-state index contributed by atoms with van der Waals surface area (Å²) in [6.07, 6.45) is -4.47. The molecule has 0 atom stereocenters. The fraction of sp³-hybridized carbons (Fsp3) is 0.158. The Bertz CT molecular complexity index is 943. The number of alkyl halides is 3. The molecule has 4 nitrogen and oxygen atoms in total. The molecule has 3 rings (SSSR count). The number of benzene rings is 2. The van der Waals surface area contributed by atoms with Crippen molar-refractivity contribution in [3.8, 4) is 11.3 Å². The summed E-state index contributed by atoms with van der Waals surface area (Å²) in [6.45, 7) is 1.97. The van der Waals surface area contributed by atoms with E-state index in [9.17, 15) is 18.0 Å². The van der Waals surface area contributed by atoms with E-state index < -0.39 is 17.6 Å². The van der Waals surface area contributed by atoms with Gasteiger partial charge in [0.05, 0.1) is 11.3 Å². The van der Waals surface area contributed by atoms with Gasteiger partial charge in [0.2, 0.25) is 0 Å². The van der Waals surface area contributed by atoms with Gasteiger partial charge in [0.1, 0.15) is 0 Å². The molecule has 7 heteroatoms. The molecule has 3 aromatic rings. The van der Waals surface area contributed by atoms with Crippen LogP contribution in [-0.4, -0.2) is 15.7 Å². The lowest BCUT2D eigenvalue weighted by molar-refractivity contribution is -0.137. The predicted octanol–water partition coefficient (Wildman–Crippen LogP) is 4.67. The highest BCUT2D eigenvalue weighted by Crippen LogP contribution is 2.30. The number of nitrogens with one attached hydrogen (secondary N) is 1. The fourth-order valence-electron chi connectivity index (χ4n) is 2.54. The number of hydrogen-bond donors (Lipinski definition) is 1. The molecule has 1 N–H and O–H groups in total. The van der Waals surface area contributed by atoms with E-state index in [4.69, 9.17) is 0 Å². The van der Waals surface area contributed by atoms with Crippen LogP contribution in [0.15, 0.2) is 54.6 Å². The molecular formula is C19H16F3N3O. The first-order valence-corrected chi connectivity index (χ1v) is 7.84. The fourth-order valence-corrected chi connectivity index (χ4v) is 2.54. The summed E-state index contributed by atoms with van der Waals surface area (Å²) in [7, 11) is 1.70. The van der Waals surface area contributed by atoms with Gasteiger partial charge in [-0.2, -0.15) is 18.3 Å². The summed E-state index contributed by atoms with van der Waals surface area (Å²) in [5, 5.41) is 6.62. The molecule has 134 valence electrons. The highest BCUT2D eigenvalue weighted by Gasteiger charge is 2.30. The van der Waals surface area contributed by atoms with Crippen LogP contribution in [0.4, 0.5) is 18.9 Å². The van der Waals surface area contributed by atoms with Crippen LogP contribution in [0.1, 0.15) is 21.6 Å². The third kappa shape index (κ3) is 3.77. The van der Waals surface area contributed by atoms with Crippen molar-refractivity contribution in [2.75, 3.05) is 5.32 Å². The van der Waals surface area contributed by atoms with Gasteiger partial charge in [-0.15, -0.1) is 0 Å². The maximum absolute atomic E-state index is 12.8. The summed E-state index contributed by atoms with van der Waals surface area (Å²) < 4.78 is 39.9. The molecule has 26 heavy (non-hydrogen) atoms. The first kappa shape index (κ1) is 17.7. The van der Waals surface area contributed by atoms with Gasteiger partial charge in [-0.3, -0.25) is 9.48 Å². The van der Waals surface area contributed by atoms with Crippen molar-refractivity contribution in [1.29, 1.82) is 0 Å². The summed E-state index contributed by atoms with van der Waals surface area (Å²) in [6, 6.07) is 13.8. The standard InChI is InChI=1S/C19H16F3N3O/c1-12-6-8-13(9-7-12)17-11-16(24-25(17)2)18(26)23-15-5-3-4-14(10-15)19(20,21)22/h3-11H,1-2H3,(H,23,26). The minimum absolute atomic E-state index is 0.0624. The number of aryl methyl sites for hydroxylation is 2. The second-order valence-electron chi connectivity index (χ2n) is 5.94. The number of halogens is 3. The SMILES string of the molecule is Cc1ccc(-c2cc(C(=O)Nc3cccc(C(F)(F)F)c3)nn2C)cc1. The van der Waals surface area contributed by atoms with Crippen LogP contribution in [-0.2, 0) is 13.2 Å². The Morgan fingerprint density at radius 1 is 1.08 bits per heavy atom. The smallest absolute Gasteiger partial charge is 0.321 e. The normalized spacial score (nSPS) is 11.4. The van der Waals surface area contributed by atoms with Gasteiger partial charge in [-0.1, -0.05) is 35.9 Å². The monoisotopic (exact) mass is 359 g/mol. The molecule has 0 aliphatic heterocycles. The van der Waals surface area contributed by atoms with Crippen LogP contribution in [0.5, 0.6) is 0 Å². The Balaban J connectivity index is 1.83. The molecule has 0 fully saturated rings. The molecule has 0 bridgehead atoms. The molecule has 0 spiro atoms. The third-order valence-corrected chi connectivity index (χ3v) is 3.91. The number of rotatable bonds is 3. The molecule has 0 saturated carbocycles. The van der Waals surface area contributed by atoms with Crippen molar-refractivity contribution in [3.05, 3.63) is 71.4 Å². The van der Waals surface area contributed by atoms with E-state index >= 15 is 0 Å². The van der Waals surface area contributed by atoms with E-state index in [-0.39, 0.29) is 11.4 Å². The van der Waals surface area contributed by atoms with E-state index in [0.29, 0.717) is 0 Å². The van der Waals surface area contributed by atoms with Crippen molar-refractivity contribution < 1.29 is 18.0 Å². The van der Waals surface area contributed by atoms with Crippen molar-refractivity contribution in [2.24, 2.45) is 7.05 Å². The summed E-state index contributed by atoms with van der Waals surface area (Å²) >= 11 is 0. The Morgan fingerprint density at radius 2 is 1.77 bits per heavy atom. The van der Waals surface area contributed by atoms with Gasteiger partial charge >= 0.3 is 6.18 Å². The van der Waals surface area contributed by atoms with Crippen molar-refractivity contribution >= 4 is 11.6 Å². The van der Waals surface area contributed by atoms with E-state index in [1.54, 1.807) is 17.8 Å². The van der Waals surface area contributed by atoms with Crippen LogP contribution < -0.4 is 5.32 Å². The van der Waals surface area contributed by atoms with Crippen LogP contribution >= 0.6 is 0 Å². The molecule has 0 saturated heterocycles. The lowest BCUT2D eigenvalue weighted by Crippen LogP contribution is -2.14. The molecule has 0 aliphatic carbocycles. The van der Waals surface area contributed by atoms with E-state index in [0.717, 1.165) is 29.0 Å². The highest BCUT2D eigenvalue weighted by molar-refractivity contribution is 6.03. The third-order valence-electron chi connectivity index (χ3n) is 3.91. The topological polar surface area (TPSA) is 46.9 Å². The molecule has 1 aromatic heterocycles. The zero-order valence-corrected chi connectivity index (χ0v) is 14.1. The number of hydrogen-bond acceptors (Lipinski definition) is 2. The summed E-state index contributed by atoms with van der Waals surface area (Å²) in [4.78, 5) is 12.4. The lowest BCUT2D eigenvalue weighted by Gasteiger charge is -2.09. The first-order chi connectivity index (χ1) is 12.2. The average Bonchev–Trinajstić information content (AvgIpc) is 2.97. The molecule has 0 unspecified atom stereocenters. The van der Waals surface area contributed by atoms with Gasteiger partial charge < -0.3 is 5.32 Å². The van der Waals surface area contributed by atoms with E-state index in [1.807, 2.05) is 31.2 Å². The highest BCUT2D eigenvalue weighted by atomic mass is 19.4. The largest absolute Gasteiger partial charge is 0.416 e. The zero-order chi connectivity index (χ0) is 18.9. The summed E-state index contributed by atoms with van der Waals surface area (Å²) in [5.74, 6) is -0.571. The number of aromatic nitrogens is 2. The maximum Gasteiger partial charge on any atom is 0.416 e. The van der Waals surface area contributed by atoms with E-state index in [2.05, 4.69) is 10.4 Å². The number of carbonyl (C=O) groups excluding carboxylic acids is 1. The van der Waals surface area contributed by atoms with Crippen molar-refractivity contribution in [1.82, 2.24) is 9.78 Å². The predicted molar refractivity (Wildman–Crippen MR) is 92.8 cm³/mol. The van der Waals surface area contributed by atoms with Crippen molar-refractivity contribution in [2.45, 2.75) is 13.1 Å². The minimum Gasteiger partial charge on any atom is -0.321 e. The van der Waals surface area contributed by atoms with E-state index in [1.165, 1.54) is 12.1 Å². The van der Waals surface area contributed by atoms with Crippen LogP contribution in [0.25, 0.3) is 11.3 Å². The Hall–Kier alpha value is -3.09. The Morgan fingerprint density at radius 3 is 2.42 bits per heavy atom. The van der Waals surface area contributed by atoms with Gasteiger partial charge in [-0.25, -0.2) is 0 Å². The van der Waals surface area contributed by atoms with Crippen LogP contribution in [0.2, 0.25) is 0 Å². The number of anilines is 1. The second kappa shape index (κ2) is 6.67. The zero-order valence-electron chi connectivity index (χ0n) is 14.1. The van der Waals surface area contributed by atoms with Gasteiger partial charge in [0.25, 0.3) is 5.91 Å². The molecule has 1 amide bonds. The van der Waals surface area contributed by atoms with Gasteiger partial charge in [-0.05, 0) is 36.8 Å². The molecule has 0 aliphatic rings. The Kier molecular flexibility index (Phi) is 4.54. The maximum atomic E-state index is 12.8. The number of carbonyl (C=O) groups is 1. The number of nitrogens with zero attached hydrogens (tertiary/aromatic N) is 2. The average molecular weight is 359 g/mol. The molecule has 1 heterocycles. The van der Waals surface area contributed by atoms with Crippen LogP contribution in [0.3, 0.4) is 0 Å². The quantitative estimate of drug-likeness (QED) is 0.739.